The standard InChI is InChI=1S/C28H28N2O8/c1-11-14-9-13(12-7-5-4-6-8-12)10-15(31)17(14)22(32)18-16(11)23(33)20-21(30(2)3)24(34)19(27(29)37)26(36)28(20,38)25(18)35/h4-11,16,20-21,23,31,33-35,38H,1-3H3,(H2,29,37)/t11-,16+,20+,21-,23-,28-/m0/s1. The molecule has 38 heavy (non-hydrogen) atoms. The van der Waals surface area contributed by atoms with Gasteiger partial charge in [-0.25, -0.2) is 0 Å². The lowest BCUT2D eigenvalue weighted by molar-refractivity contribution is -0.162. The van der Waals surface area contributed by atoms with Crippen LogP contribution in [0.15, 0.2) is 65.1 Å². The molecule has 0 unspecified atom stereocenters. The lowest BCUT2D eigenvalue weighted by Gasteiger charge is -2.53. The molecule has 10 nitrogen and oxygen atoms in total. The van der Waals surface area contributed by atoms with Crippen LogP contribution in [-0.2, 0) is 9.59 Å². The number of amides is 1. The summed E-state index contributed by atoms with van der Waals surface area (Å²) in [7, 11) is 2.99. The smallest absolute Gasteiger partial charge is 0.255 e. The van der Waals surface area contributed by atoms with Gasteiger partial charge in [0.1, 0.15) is 22.8 Å². The number of rotatable bonds is 3. The minimum absolute atomic E-state index is 0.120. The van der Waals surface area contributed by atoms with Crippen LogP contribution in [0.2, 0.25) is 0 Å². The predicted octanol–water partition coefficient (Wildman–Crippen LogP) is 1.32. The lowest BCUT2D eigenvalue weighted by Crippen LogP contribution is -2.68. The molecule has 0 aromatic heterocycles. The highest BCUT2D eigenvalue weighted by Gasteiger charge is 2.67. The number of aliphatic hydroxyl groups is 4. The molecular weight excluding hydrogens is 492 g/mol. The first-order valence-corrected chi connectivity index (χ1v) is 12.1. The largest absolute Gasteiger partial charge is 0.510 e. The second-order valence-corrected chi connectivity index (χ2v) is 10.4. The fraction of sp³-hybridized carbons (Fsp3) is 0.321. The molecule has 0 bridgehead atoms. The summed E-state index contributed by atoms with van der Waals surface area (Å²) >= 11 is 0. The van der Waals surface area contributed by atoms with Crippen LogP contribution in [0.4, 0.5) is 0 Å². The second-order valence-electron chi connectivity index (χ2n) is 10.4. The van der Waals surface area contributed by atoms with Crippen molar-refractivity contribution in [1.29, 1.82) is 0 Å². The molecule has 0 saturated carbocycles. The van der Waals surface area contributed by atoms with Gasteiger partial charge in [0, 0.05) is 11.5 Å². The van der Waals surface area contributed by atoms with Crippen LogP contribution < -0.4 is 5.73 Å². The second kappa shape index (κ2) is 8.52. The van der Waals surface area contributed by atoms with E-state index in [1.807, 2.05) is 30.3 Å². The number of nitrogens with zero attached hydrogens (tertiary/aromatic N) is 1. The number of hydrogen-bond donors (Lipinski definition) is 6. The molecule has 3 aliphatic carbocycles. The summed E-state index contributed by atoms with van der Waals surface area (Å²) in [5.74, 6) is -9.08. The Morgan fingerprint density at radius 1 is 1.03 bits per heavy atom. The van der Waals surface area contributed by atoms with Crippen LogP contribution in [-0.4, -0.2) is 79.7 Å². The maximum atomic E-state index is 13.8. The number of fused-ring (bicyclic) bond motifs is 3. The molecule has 2 aromatic rings. The van der Waals surface area contributed by atoms with Crippen molar-refractivity contribution in [3.63, 3.8) is 0 Å². The number of hydrogen-bond acceptors (Lipinski definition) is 9. The van der Waals surface area contributed by atoms with Gasteiger partial charge in [-0.15, -0.1) is 0 Å². The van der Waals surface area contributed by atoms with Gasteiger partial charge in [-0.05, 0) is 48.8 Å². The summed E-state index contributed by atoms with van der Waals surface area (Å²) in [6, 6.07) is 11.0. The molecule has 0 fully saturated rings. The zero-order valence-corrected chi connectivity index (χ0v) is 20.9. The first-order chi connectivity index (χ1) is 17.8. The fourth-order valence-corrected chi connectivity index (χ4v) is 6.45. The zero-order chi connectivity index (χ0) is 27.8. The first-order valence-electron chi connectivity index (χ1n) is 12.1. The summed E-state index contributed by atoms with van der Waals surface area (Å²) in [4.78, 5) is 40.6. The third kappa shape index (κ3) is 3.20. The molecule has 0 aliphatic heterocycles. The van der Waals surface area contributed by atoms with Gasteiger partial charge in [0.05, 0.1) is 23.6 Å². The van der Waals surface area contributed by atoms with Gasteiger partial charge in [0.25, 0.3) is 5.91 Å². The number of benzene rings is 2. The van der Waals surface area contributed by atoms with Crippen LogP contribution in [0.25, 0.3) is 11.1 Å². The van der Waals surface area contributed by atoms with E-state index in [4.69, 9.17) is 5.73 Å². The Labute approximate surface area is 217 Å². The molecule has 0 radical (unpaired) electrons. The Morgan fingerprint density at radius 3 is 2.24 bits per heavy atom. The quantitative estimate of drug-likeness (QED) is 0.325. The Balaban J connectivity index is 1.77. The van der Waals surface area contributed by atoms with Crippen molar-refractivity contribution in [2.75, 3.05) is 14.1 Å². The average Bonchev–Trinajstić information content (AvgIpc) is 2.86. The van der Waals surface area contributed by atoms with Gasteiger partial charge >= 0.3 is 0 Å². The number of nitrogens with two attached hydrogens (primary N) is 1. The number of phenols is 1. The molecule has 198 valence electrons. The van der Waals surface area contributed by atoms with E-state index in [-0.39, 0.29) is 11.3 Å². The van der Waals surface area contributed by atoms with E-state index in [0.29, 0.717) is 11.1 Å². The normalized spacial score (nSPS) is 30.7. The van der Waals surface area contributed by atoms with Crippen molar-refractivity contribution >= 4 is 17.5 Å². The monoisotopic (exact) mass is 520 g/mol. The van der Waals surface area contributed by atoms with Crippen LogP contribution in [0.1, 0.15) is 28.8 Å². The zero-order valence-electron chi connectivity index (χ0n) is 20.9. The maximum Gasteiger partial charge on any atom is 0.255 e. The van der Waals surface area contributed by atoms with Crippen LogP contribution in [0.3, 0.4) is 0 Å². The van der Waals surface area contributed by atoms with Crippen molar-refractivity contribution in [2.45, 2.75) is 30.6 Å². The summed E-state index contributed by atoms with van der Waals surface area (Å²) in [6.07, 6.45) is -1.63. The molecule has 0 spiro atoms. The minimum atomic E-state index is -2.93. The molecule has 0 heterocycles. The molecule has 5 rings (SSSR count). The molecular formula is C28H28N2O8. The molecule has 6 atom stereocenters. The van der Waals surface area contributed by atoms with E-state index in [1.165, 1.54) is 25.1 Å². The predicted molar refractivity (Wildman–Crippen MR) is 135 cm³/mol. The van der Waals surface area contributed by atoms with Gasteiger partial charge in [-0.2, -0.15) is 0 Å². The van der Waals surface area contributed by atoms with E-state index in [9.17, 15) is 39.9 Å². The van der Waals surface area contributed by atoms with Crippen LogP contribution in [0, 0.1) is 11.8 Å². The Bertz CT molecular complexity index is 1460. The highest BCUT2D eigenvalue weighted by Crippen LogP contribution is 2.55. The van der Waals surface area contributed by atoms with Gasteiger partial charge < -0.3 is 31.3 Å². The number of ketones is 2. The van der Waals surface area contributed by atoms with E-state index in [1.54, 1.807) is 13.0 Å². The SMILES string of the molecule is C[C@H]1c2cc(-c3ccccc3)cc(O)c2C(=O)C2=C(O)[C@]3(O)C(=O)C(C(N)=O)=C(O)[C@@H](N(C)C)[C@@H]3[C@@H](O)[C@@H]21. The summed E-state index contributed by atoms with van der Waals surface area (Å²) in [5, 5.41) is 56.6. The summed E-state index contributed by atoms with van der Waals surface area (Å²) < 4.78 is 0. The van der Waals surface area contributed by atoms with Crippen LogP contribution in [0.5, 0.6) is 5.75 Å². The molecule has 10 heteroatoms. The van der Waals surface area contributed by atoms with Crippen molar-refractivity contribution in [3.05, 3.63) is 76.3 Å². The van der Waals surface area contributed by atoms with Crippen molar-refractivity contribution in [1.82, 2.24) is 4.90 Å². The third-order valence-corrected chi connectivity index (χ3v) is 8.18. The van der Waals surface area contributed by atoms with Gasteiger partial charge in [0.15, 0.2) is 11.4 Å². The molecule has 7 N–H and O–H groups in total. The van der Waals surface area contributed by atoms with E-state index in [0.717, 1.165) is 5.56 Å². The maximum absolute atomic E-state index is 13.8. The Morgan fingerprint density at radius 2 is 1.66 bits per heavy atom. The first kappa shape index (κ1) is 25.7. The molecule has 2 aromatic carbocycles. The number of phenolic OH excluding ortho intramolecular Hbond substituents is 1. The topological polar surface area (TPSA) is 182 Å². The highest BCUT2D eigenvalue weighted by atomic mass is 16.4. The molecule has 3 aliphatic rings. The highest BCUT2D eigenvalue weighted by molar-refractivity contribution is 6.25. The fourth-order valence-electron chi connectivity index (χ4n) is 6.45. The number of primary amides is 1. The Kier molecular flexibility index (Phi) is 5.75. The van der Waals surface area contributed by atoms with Crippen LogP contribution >= 0.6 is 0 Å². The minimum Gasteiger partial charge on any atom is -0.510 e. The Hall–Kier alpha value is -3.99. The van der Waals surface area contributed by atoms with Crippen molar-refractivity contribution in [2.24, 2.45) is 17.6 Å². The lowest BCUT2D eigenvalue weighted by atomic mass is 9.55. The number of aromatic hydroxyl groups is 1. The molecule has 1 amide bonds. The van der Waals surface area contributed by atoms with Crippen molar-refractivity contribution < 1.29 is 39.9 Å². The molecule has 0 saturated heterocycles. The third-order valence-electron chi connectivity index (χ3n) is 8.18. The number of carbonyl (C=O) groups excluding carboxylic acids is 3. The number of aliphatic hydroxyl groups excluding tert-OH is 3. The van der Waals surface area contributed by atoms with Gasteiger partial charge in [0.2, 0.25) is 5.78 Å². The number of likely N-dealkylation sites (N-methyl/N-ethyl adjacent to an activating group) is 1. The van der Waals surface area contributed by atoms with E-state index < -0.39 is 75.6 Å². The van der Waals surface area contributed by atoms with Gasteiger partial charge in [-0.1, -0.05) is 37.3 Å². The number of Topliss-reactive ketones (excluding diaryl/α,β-unsaturated/α-hetero) is 2. The van der Waals surface area contributed by atoms with E-state index in [2.05, 4.69) is 0 Å². The number of carbonyl (C=O) groups is 3. The van der Waals surface area contributed by atoms with E-state index >= 15 is 0 Å². The summed E-state index contributed by atoms with van der Waals surface area (Å²) in [6.45, 7) is 1.70. The summed E-state index contributed by atoms with van der Waals surface area (Å²) in [5.41, 5.74) is 2.76. The van der Waals surface area contributed by atoms with Crippen molar-refractivity contribution in [3.8, 4) is 16.9 Å². The van der Waals surface area contributed by atoms with Gasteiger partial charge in [-0.3, -0.25) is 19.3 Å². The average molecular weight is 521 g/mol.